The quantitative estimate of drug-likeness (QED) is 0.502. The Morgan fingerprint density at radius 3 is 1.81 bits per heavy atom. The molecule has 0 fully saturated rings. The number of rotatable bonds is 4. The molecule has 1 heterocycles. The van der Waals surface area contributed by atoms with E-state index in [9.17, 15) is 5.21 Å². The second kappa shape index (κ2) is 7.33. The molecule has 0 amide bonds. The van der Waals surface area contributed by atoms with Crippen LogP contribution >= 0.6 is 0 Å². The molecule has 4 aromatic rings. The number of hydrogen-bond donors (Lipinski definition) is 0. The Labute approximate surface area is 153 Å². The normalized spacial score (nSPS) is 10.8. The van der Waals surface area contributed by atoms with Gasteiger partial charge in [-0.15, -0.1) is 0 Å². The van der Waals surface area contributed by atoms with Crippen LogP contribution in [0.4, 0.5) is 5.82 Å². The molecular weight excluding hydrogens is 346 g/mol. The summed E-state index contributed by atoms with van der Waals surface area (Å²) in [6.07, 6.45) is 0. The van der Waals surface area contributed by atoms with Crippen LogP contribution in [0.15, 0.2) is 110 Å². The predicted molar refractivity (Wildman–Crippen MR) is 99.8 cm³/mol. The van der Waals surface area contributed by atoms with Crippen molar-refractivity contribution >= 4 is 16.5 Å². The fourth-order valence-corrected chi connectivity index (χ4v) is 4.16. The van der Waals surface area contributed by atoms with Crippen LogP contribution in [0.5, 0.6) is 0 Å². The summed E-state index contributed by atoms with van der Waals surface area (Å²) in [5.74, 6) is 0.294. The largest absolute Gasteiger partial charge is 0.359 e. The van der Waals surface area contributed by atoms with Gasteiger partial charge in [-0.05, 0) is 39.9 Å². The maximum Gasteiger partial charge on any atom is 0.347 e. The van der Waals surface area contributed by atoms with Gasteiger partial charge in [-0.2, -0.15) is 4.36 Å². The Morgan fingerprint density at radius 1 is 0.769 bits per heavy atom. The van der Waals surface area contributed by atoms with Gasteiger partial charge in [-0.3, -0.25) is 4.63 Å². The molecule has 0 N–H and O–H groups in total. The Hall–Kier alpha value is -3.25. The van der Waals surface area contributed by atoms with E-state index in [0.29, 0.717) is 22.0 Å². The van der Waals surface area contributed by atoms with Crippen molar-refractivity contribution in [2.45, 2.75) is 9.79 Å². The lowest BCUT2D eigenvalue weighted by molar-refractivity contribution is -0.793. The minimum atomic E-state index is -0.623. The number of aromatic nitrogens is 2. The topological polar surface area (TPSA) is 65.3 Å². The van der Waals surface area contributed by atoms with E-state index in [0.717, 1.165) is 9.79 Å². The zero-order valence-corrected chi connectivity index (χ0v) is 14.5. The molecule has 0 aliphatic carbocycles. The van der Waals surface area contributed by atoms with E-state index >= 15 is 0 Å². The number of nitrogens with zero attached hydrogens (tertiary/aromatic N) is 3. The molecule has 0 aliphatic heterocycles. The highest BCUT2D eigenvalue weighted by Gasteiger charge is 2.22. The second-order valence-electron chi connectivity index (χ2n) is 5.47. The van der Waals surface area contributed by atoms with Gasteiger partial charge in [-0.25, -0.2) is 0 Å². The van der Waals surface area contributed by atoms with Gasteiger partial charge >= 0.3 is 5.82 Å². The van der Waals surface area contributed by atoms with Gasteiger partial charge < -0.3 is 5.21 Å². The third kappa shape index (κ3) is 3.27. The zero-order valence-electron chi connectivity index (χ0n) is 13.7. The van der Waals surface area contributed by atoms with Crippen LogP contribution in [0.1, 0.15) is 0 Å². The van der Waals surface area contributed by atoms with Crippen LogP contribution in [0.2, 0.25) is 0 Å². The third-order valence-electron chi connectivity index (χ3n) is 3.75. The first-order chi connectivity index (χ1) is 12.8. The van der Waals surface area contributed by atoms with E-state index in [1.807, 2.05) is 91.0 Å². The average molecular weight is 361 g/mol. The molecule has 4 rings (SSSR count). The lowest BCUT2D eigenvalue weighted by atomic mass is 10.1. The standard InChI is InChI=1S/C20H15N3O2S/c24-23-19(16-10-4-1-5-11-16)20(21-25-23)22-26(17-12-6-2-7-13-17)18-14-8-3-9-15-18/h1-15H. The van der Waals surface area contributed by atoms with Crippen molar-refractivity contribution in [2.75, 3.05) is 0 Å². The molecule has 0 atom stereocenters. The Morgan fingerprint density at radius 2 is 1.27 bits per heavy atom. The van der Waals surface area contributed by atoms with Crippen molar-refractivity contribution < 1.29 is 9.53 Å². The molecule has 3 aromatic carbocycles. The number of hydrogen-bond acceptors (Lipinski definition) is 4. The summed E-state index contributed by atoms with van der Waals surface area (Å²) in [6.45, 7) is 0. The lowest BCUT2D eigenvalue weighted by Gasteiger charge is -2.07. The molecule has 0 radical (unpaired) electrons. The first kappa shape index (κ1) is 16.2. The van der Waals surface area contributed by atoms with Crippen molar-refractivity contribution in [2.24, 2.45) is 4.36 Å². The van der Waals surface area contributed by atoms with Gasteiger partial charge in [0.2, 0.25) is 0 Å². The minimum Gasteiger partial charge on any atom is -0.359 e. The van der Waals surface area contributed by atoms with Crippen molar-refractivity contribution in [1.29, 1.82) is 0 Å². The van der Waals surface area contributed by atoms with E-state index in [-0.39, 0.29) is 0 Å². The molecule has 0 spiro atoms. The van der Waals surface area contributed by atoms with Crippen LogP contribution in [0, 0.1) is 5.21 Å². The molecule has 0 bridgehead atoms. The molecule has 0 aliphatic rings. The van der Waals surface area contributed by atoms with Crippen LogP contribution < -0.4 is 4.90 Å². The summed E-state index contributed by atoms with van der Waals surface area (Å²) in [5, 5.41) is 16.0. The summed E-state index contributed by atoms with van der Waals surface area (Å²) < 4.78 is 9.64. The predicted octanol–water partition coefficient (Wildman–Crippen LogP) is 4.53. The first-order valence-electron chi connectivity index (χ1n) is 8.04. The third-order valence-corrected chi connectivity index (χ3v) is 5.55. The fraction of sp³-hybridized carbons (Fsp3) is 0. The Kier molecular flexibility index (Phi) is 4.57. The van der Waals surface area contributed by atoms with Crippen LogP contribution in [-0.2, 0) is 10.7 Å². The fourth-order valence-electron chi connectivity index (χ4n) is 2.56. The van der Waals surface area contributed by atoms with Gasteiger partial charge in [0, 0.05) is 15.4 Å². The summed E-state index contributed by atoms with van der Waals surface area (Å²) in [7, 11) is -0.623. The zero-order chi connectivity index (χ0) is 17.8. The molecule has 26 heavy (non-hydrogen) atoms. The van der Waals surface area contributed by atoms with E-state index in [1.54, 1.807) is 0 Å². The minimum absolute atomic E-state index is 0.294. The van der Waals surface area contributed by atoms with Crippen molar-refractivity contribution in [3.63, 3.8) is 0 Å². The van der Waals surface area contributed by atoms with Gasteiger partial charge in [-0.1, -0.05) is 66.7 Å². The van der Waals surface area contributed by atoms with Gasteiger partial charge in [0.15, 0.2) is 0 Å². The maximum absolute atomic E-state index is 12.1. The summed E-state index contributed by atoms with van der Waals surface area (Å²) in [4.78, 5) is 2.49. The van der Waals surface area contributed by atoms with E-state index in [4.69, 9.17) is 8.99 Å². The summed E-state index contributed by atoms with van der Waals surface area (Å²) in [6, 6.07) is 29.2. The highest BCUT2D eigenvalue weighted by Crippen LogP contribution is 2.29. The molecule has 0 saturated heterocycles. The molecule has 0 saturated carbocycles. The van der Waals surface area contributed by atoms with Gasteiger partial charge in [0.25, 0.3) is 5.69 Å². The van der Waals surface area contributed by atoms with Crippen LogP contribution in [0.3, 0.4) is 0 Å². The number of benzene rings is 3. The van der Waals surface area contributed by atoms with E-state index < -0.39 is 10.7 Å². The molecule has 1 aromatic heterocycles. The highest BCUT2D eigenvalue weighted by molar-refractivity contribution is 7.87. The van der Waals surface area contributed by atoms with Gasteiger partial charge in [0.05, 0.1) is 5.16 Å². The van der Waals surface area contributed by atoms with Crippen molar-refractivity contribution in [1.82, 2.24) is 5.16 Å². The maximum atomic E-state index is 12.1. The van der Waals surface area contributed by atoms with Crippen molar-refractivity contribution in [3.05, 3.63) is 96.2 Å². The van der Waals surface area contributed by atoms with Crippen molar-refractivity contribution in [3.8, 4) is 11.3 Å². The van der Waals surface area contributed by atoms with E-state index in [1.165, 1.54) is 0 Å². The van der Waals surface area contributed by atoms with Crippen LogP contribution in [-0.4, -0.2) is 5.16 Å². The SMILES string of the molecule is [O-][n+]1onc(N=S(c2ccccc2)c2ccccc2)c1-c1ccccc1. The second-order valence-corrected chi connectivity index (χ2v) is 7.16. The summed E-state index contributed by atoms with van der Waals surface area (Å²) in [5.41, 5.74) is 1.03. The highest BCUT2D eigenvalue weighted by atomic mass is 32.2. The van der Waals surface area contributed by atoms with Gasteiger partial charge in [0.1, 0.15) is 0 Å². The average Bonchev–Trinajstić information content (AvgIpc) is 3.08. The lowest BCUT2D eigenvalue weighted by Crippen LogP contribution is -2.24. The first-order valence-corrected chi connectivity index (χ1v) is 9.22. The monoisotopic (exact) mass is 361 g/mol. The summed E-state index contributed by atoms with van der Waals surface area (Å²) >= 11 is 0. The molecule has 128 valence electrons. The molecule has 5 nitrogen and oxygen atoms in total. The van der Waals surface area contributed by atoms with E-state index in [2.05, 4.69) is 5.16 Å². The smallest absolute Gasteiger partial charge is 0.347 e. The Bertz CT molecular complexity index is 991. The molecule has 6 heteroatoms. The van der Waals surface area contributed by atoms with Crippen LogP contribution in [0.25, 0.3) is 11.3 Å². The molecular formula is C20H15N3O2S. The Balaban J connectivity index is 1.90. The molecule has 0 unspecified atom stereocenters.